The van der Waals surface area contributed by atoms with Gasteiger partial charge in [-0.2, -0.15) is 0 Å². The van der Waals surface area contributed by atoms with E-state index in [1.807, 2.05) is 36.6 Å². The lowest BCUT2D eigenvalue weighted by molar-refractivity contribution is -0.116. The molecule has 1 aromatic carbocycles. The maximum absolute atomic E-state index is 12.7. The molecule has 1 aromatic heterocycles. The molecule has 1 N–H and O–H groups in total. The molecule has 2 aromatic rings. The van der Waals surface area contributed by atoms with Gasteiger partial charge in [0, 0.05) is 27.6 Å². The second-order valence-corrected chi connectivity index (χ2v) is 6.92. The normalized spacial score (nSPS) is 19.0. The molecule has 4 rings (SSSR count). The maximum Gasteiger partial charge on any atom is 0.276 e. The number of amidine groups is 1. The van der Waals surface area contributed by atoms with E-state index in [1.54, 1.807) is 17.4 Å². The molecule has 8 heteroatoms. The Labute approximate surface area is 150 Å². The number of carbonyl (C=O) groups is 1. The van der Waals surface area contributed by atoms with Gasteiger partial charge in [-0.1, -0.05) is 33.8 Å². The minimum atomic E-state index is -0.421. The average Bonchev–Trinajstić information content (AvgIpc) is 2.61. The SMILES string of the molecule is CSC1=NN2C(=c3cc(Br)ccc3=NC2c2cccnc2)C(=O)N1. The van der Waals surface area contributed by atoms with Gasteiger partial charge >= 0.3 is 0 Å². The van der Waals surface area contributed by atoms with Crippen molar-refractivity contribution < 1.29 is 4.79 Å². The van der Waals surface area contributed by atoms with Crippen molar-refractivity contribution in [3.05, 3.63) is 63.3 Å². The molecule has 1 atom stereocenters. The first-order chi connectivity index (χ1) is 11.7. The van der Waals surface area contributed by atoms with Crippen molar-refractivity contribution in [2.75, 3.05) is 6.26 Å². The molecule has 3 heterocycles. The van der Waals surface area contributed by atoms with Crippen LogP contribution in [0.5, 0.6) is 0 Å². The largest absolute Gasteiger partial charge is 0.298 e. The lowest BCUT2D eigenvalue weighted by atomic mass is 10.1. The van der Waals surface area contributed by atoms with Crippen LogP contribution in [0.25, 0.3) is 5.70 Å². The zero-order chi connectivity index (χ0) is 16.7. The Bertz CT molecular complexity index is 976. The highest BCUT2D eigenvalue weighted by atomic mass is 79.9. The molecule has 0 radical (unpaired) electrons. The molecular weight excluding hydrogens is 390 g/mol. The highest BCUT2D eigenvalue weighted by molar-refractivity contribution is 9.10. The Morgan fingerprint density at radius 3 is 2.96 bits per heavy atom. The van der Waals surface area contributed by atoms with E-state index in [9.17, 15) is 4.79 Å². The van der Waals surface area contributed by atoms with Gasteiger partial charge in [-0.15, -0.1) is 5.10 Å². The van der Waals surface area contributed by atoms with Crippen molar-refractivity contribution in [3.63, 3.8) is 0 Å². The highest BCUT2D eigenvalue weighted by Crippen LogP contribution is 2.30. The van der Waals surface area contributed by atoms with Crippen molar-refractivity contribution >= 4 is 44.5 Å². The third-order valence-electron chi connectivity index (χ3n) is 3.75. The average molecular weight is 402 g/mol. The monoisotopic (exact) mass is 401 g/mol. The van der Waals surface area contributed by atoms with Crippen molar-refractivity contribution in [2.24, 2.45) is 10.1 Å². The van der Waals surface area contributed by atoms with Crippen LogP contribution in [0, 0.1) is 0 Å². The van der Waals surface area contributed by atoms with Gasteiger partial charge in [0.15, 0.2) is 11.3 Å². The van der Waals surface area contributed by atoms with E-state index < -0.39 is 6.17 Å². The van der Waals surface area contributed by atoms with E-state index in [4.69, 9.17) is 4.99 Å². The molecule has 0 spiro atoms. The molecule has 24 heavy (non-hydrogen) atoms. The van der Waals surface area contributed by atoms with Gasteiger partial charge in [0.05, 0.1) is 5.36 Å². The van der Waals surface area contributed by atoms with E-state index in [2.05, 4.69) is 31.3 Å². The number of nitrogens with zero attached hydrogens (tertiary/aromatic N) is 4. The van der Waals surface area contributed by atoms with Crippen LogP contribution in [0.15, 0.2) is 57.3 Å². The van der Waals surface area contributed by atoms with E-state index >= 15 is 0 Å². The summed E-state index contributed by atoms with van der Waals surface area (Å²) in [6.07, 6.45) is 4.91. The number of nitrogens with one attached hydrogen (secondary N) is 1. The molecule has 6 nitrogen and oxygen atoms in total. The second kappa shape index (κ2) is 6.03. The summed E-state index contributed by atoms with van der Waals surface area (Å²) in [4.78, 5) is 21.7. The van der Waals surface area contributed by atoms with Crippen molar-refractivity contribution in [3.8, 4) is 0 Å². The fraction of sp³-hybridized carbons (Fsp3) is 0.125. The number of halogens is 1. The Morgan fingerprint density at radius 2 is 2.21 bits per heavy atom. The fourth-order valence-electron chi connectivity index (χ4n) is 2.69. The van der Waals surface area contributed by atoms with Crippen molar-refractivity contribution in [1.29, 1.82) is 0 Å². The van der Waals surface area contributed by atoms with Crippen LogP contribution in [-0.2, 0) is 4.79 Å². The summed E-state index contributed by atoms with van der Waals surface area (Å²) in [5.74, 6) is -0.183. The number of amides is 1. The van der Waals surface area contributed by atoms with Gasteiger partial charge < -0.3 is 0 Å². The molecule has 0 aliphatic carbocycles. The summed E-state index contributed by atoms with van der Waals surface area (Å²) in [5, 5.41) is 11.1. The predicted molar refractivity (Wildman–Crippen MR) is 96.2 cm³/mol. The Morgan fingerprint density at radius 1 is 1.33 bits per heavy atom. The molecule has 2 aliphatic heterocycles. The number of pyridine rings is 1. The summed E-state index contributed by atoms with van der Waals surface area (Å²) in [6, 6.07) is 9.48. The lowest BCUT2D eigenvalue weighted by Gasteiger charge is -2.33. The first-order valence-electron chi connectivity index (χ1n) is 7.18. The molecule has 2 aliphatic rings. The summed E-state index contributed by atoms with van der Waals surface area (Å²) >= 11 is 4.84. The summed E-state index contributed by atoms with van der Waals surface area (Å²) in [5.41, 5.74) is 1.37. The number of fused-ring (bicyclic) bond motifs is 2. The van der Waals surface area contributed by atoms with Gasteiger partial charge in [-0.05, 0) is 30.5 Å². The zero-order valence-corrected chi connectivity index (χ0v) is 15.0. The number of benzene rings is 1. The Kier molecular flexibility index (Phi) is 3.85. The molecule has 1 unspecified atom stereocenters. The van der Waals surface area contributed by atoms with Crippen molar-refractivity contribution in [2.45, 2.75) is 6.17 Å². The van der Waals surface area contributed by atoms with Gasteiger partial charge in [-0.25, -0.2) is 5.01 Å². The van der Waals surface area contributed by atoms with Gasteiger partial charge in [0.25, 0.3) is 5.91 Å². The highest BCUT2D eigenvalue weighted by Gasteiger charge is 2.34. The third kappa shape index (κ3) is 2.51. The van der Waals surface area contributed by atoms with E-state index in [0.29, 0.717) is 10.9 Å². The molecule has 0 saturated carbocycles. The molecule has 120 valence electrons. The van der Waals surface area contributed by atoms with Gasteiger partial charge in [0.1, 0.15) is 5.70 Å². The number of hydrazone groups is 1. The minimum Gasteiger partial charge on any atom is -0.298 e. The Balaban J connectivity index is 2.02. The number of hydrogen-bond donors (Lipinski definition) is 1. The summed E-state index contributed by atoms with van der Waals surface area (Å²) < 4.78 is 0.885. The van der Waals surface area contributed by atoms with Crippen LogP contribution < -0.4 is 15.9 Å². The topological polar surface area (TPSA) is 70.0 Å². The van der Waals surface area contributed by atoms with Gasteiger partial charge in [0.2, 0.25) is 0 Å². The third-order valence-corrected chi connectivity index (χ3v) is 4.81. The van der Waals surface area contributed by atoms with Gasteiger partial charge in [-0.3, -0.25) is 20.1 Å². The number of thioether (sulfide) groups is 1. The van der Waals surface area contributed by atoms with E-state index in [0.717, 1.165) is 20.6 Å². The van der Waals surface area contributed by atoms with Crippen molar-refractivity contribution in [1.82, 2.24) is 15.3 Å². The second-order valence-electron chi connectivity index (χ2n) is 5.21. The quantitative estimate of drug-likeness (QED) is 0.782. The van der Waals surface area contributed by atoms with Crippen LogP contribution in [0.4, 0.5) is 0 Å². The molecular formula is C16H12BrN5OS. The van der Waals surface area contributed by atoms with Crippen LogP contribution in [0.1, 0.15) is 11.7 Å². The number of rotatable bonds is 1. The number of aromatic nitrogens is 1. The van der Waals surface area contributed by atoms with Crippen LogP contribution in [-0.4, -0.2) is 27.3 Å². The smallest absolute Gasteiger partial charge is 0.276 e. The molecule has 1 amide bonds. The molecule has 0 saturated heterocycles. The van der Waals surface area contributed by atoms with Crippen LogP contribution in [0.3, 0.4) is 0 Å². The fourth-order valence-corrected chi connectivity index (χ4v) is 3.41. The molecule has 0 bridgehead atoms. The first-order valence-corrected chi connectivity index (χ1v) is 9.20. The standard InChI is InChI=1S/C16H12BrN5OS/c1-24-16-20-15(23)13-11-7-10(17)4-5-12(11)19-14(22(13)21-16)9-3-2-6-18-8-9/h2-8,14H,1H3,(H,20,21,23). The first kappa shape index (κ1) is 15.3. The maximum atomic E-state index is 12.7. The summed E-state index contributed by atoms with van der Waals surface area (Å²) in [7, 11) is 0. The molecule has 0 fully saturated rings. The zero-order valence-electron chi connectivity index (χ0n) is 12.6. The number of carbonyl (C=O) groups excluding carboxylic acids is 1. The number of hydrogen-bond acceptors (Lipinski definition) is 6. The lowest BCUT2D eigenvalue weighted by Crippen LogP contribution is -2.50. The van der Waals surface area contributed by atoms with Crippen LogP contribution in [0.2, 0.25) is 0 Å². The summed E-state index contributed by atoms with van der Waals surface area (Å²) in [6.45, 7) is 0. The predicted octanol–water partition coefficient (Wildman–Crippen LogP) is 1.35. The van der Waals surface area contributed by atoms with E-state index in [-0.39, 0.29) is 5.91 Å². The minimum absolute atomic E-state index is 0.183. The Hall–Kier alpha value is -2.19. The van der Waals surface area contributed by atoms with E-state index in [1.165, 1.54) is 11.8 Å². The van der Waals surface area contributed by atoms with Crippen LogP contribution >= 0.6 is 27.7 Å².